The second-order valence-electron chi connectivity index (χ2n) is 5.12. The normalized spacial score (nSPS) is 10.9. The minimum absolute atomic E-state index is 0.236. The maximum absolute atomic E-state index is 12.4. The van der Waals surface area contributed by atoms with Crippen LogP contribution in [0, 0.1) is 0 Å². The molecule has 0 unspecified atom stereocenters. The number of ketones is 1. The Morgan fingerprint density at radius 1 is 0.905 bits per heavy atom. The van der Waals surface area contributed by atoms with Crippen molar-refractivity contribution in [3.05, 3.63) is 70.6 Å². The Balaban J connectivity index is 1.77. The van der Waals surface area contributed by atoms with Gasteiger partial charge in [0.25, 0.3) is 0 Å². The van der Waals surface area contributed by atoms with Crippen LogP contribution in [0.25, 0.3) is 10.1 Å². The fraction of sp³-hybridized carbons (Fsp3) is 0.167. The van der Waals surface area contributed by atoms with Gasteiger partial charge < -0.3 is 5.73 Å². The topological polar surface area (TPSA) is 43.1 Å². The van der Waals surface area contributed by atoms with Crippen LogP contribution in [0.4, 0.5) is 0 Å². The zero-order chi connectivity index (χ0) is 14.7. The Bertz CT molecular complexity index is 775. The predicted molar refractivity (Wildman–Crippen MR) is 88.6 cm³/mol. The van der Waals surface area contributed by atoms with Crippen LogP contribution in [0.15, 0.2) is 53.9 Å². The van der Waals surface area contributed by atoms with Gasteiger partial charge in [0, 0.05) is 24.1 Å². The highest BCUT2D eigenvalue weighted by Gasteiger charge is 2.11. The fourth-order valence-electron chi connectivity index (χ4n) is 2.59. The molecule has 3 aromatic rings. The molecule has 0 fully saturated rings. The van der Waals surface area contributed by atoms with E-state index in [9.17, 15) is 4.79 Å². The Morgan fingerprint density at radius 2 is 1.57 bits per heavy atom. The van der Waals surface area contributed by atoms with E-state index in [2.05, 4.69) is 17.5 Å². The van der Waals surface area contributed by atoms with Gasteiger partial charge in [-0.15, -0.1) is 11.3 Å². The molecule has 0 atom stereocenters. The zero-order valence-electron chi connectivity index (χ0n) is 11.7. The minimum atomic E-state index is 0.236. The molecule has 0 saturated heterocycles. The highest BCUT2D eigenvalue weighted by molar-refractivity contribution is 7.17. The Hall–Kier alpha value is -1.97. The number of fused-ring (bicyclic) bond motifs is 1. The van der Waals surface area contributed by atoms with Gasteiger partial charge >= 0.3 is 0 Å². The Labute approximate surface area is 128 Å². The van der Waals surface area contributed by atoms with Crippen molar-refractivity contribution in [1.29, 1.82) is 0 Å². The van der Waals surface area contributed by atoms with Crippen molar-refractivity contribution in [3.8, 4) is 0 Å². The number of thiophene rings is 1. The first-order valence-electron chi connectivity index (χ1n) is 7.01. The highest BCUT2D eigenvalue weighted by Crippen LogP contribution is 2.26. The van der Waals surface area contributed by atoms with Crippen molar-refractivity contribution in [2.75, 3.05) is 0 Å². The van der Waals surface area contributed by atoms with Crippen LogP contribution in [-0.2, 0) is 24.2 Å². The molecule has 0 bridgehead atoms. The maximum atomic E-state index is 12.4. The van der Waals surface area contributed by atoms with E-state index in [4.69, 9.17) is 5.73 Å². The van der Waals surface area contributed by atoms with E-state index < -0.39 is 0 Å². The summed E-state index contributed by atoms with van der Waals surface area (Å²) < 4.78 is 1.24. The van der Waals surface area contributed by atoms with E-state index in [1.807, 2.05) is 36.4 Å². The highest BCUT2D eigenvalue weighted by atomic mass is 32.1. The van der Waals surface area contributed by atoms with E-state index in [1.165, 1.54) is 10.1 Å². The summed E-state index contributed by atoms with van der Waals surface area (Å²) in [7, 11) is 0. The van der Waals surface area contributed by atoms with Crippen LogP contribution in [0.1, 0.15) is 16.7 Å². The summed E-state index contributed by atoms with van der Waals surface area (Å²) in [5.74, 6) is 0.236. The standard InChI is InChI=1S/C18H17NOS/c19-11-14-6-2-1-5-13(14)9-16(20)10-15-12-21-18-8-4-3-7-17(15)18/h1-8,12H,9-11,19H2. The lowest BCUT2D eigenvalue weighted by Gasteiger charge is -2.06. The summed E-state index contributed by atoms with van der Waals surface area (Å²) in [5, 5.41) is 3.29. The maximum Gasteiger partial charge on any atom is 0.141 e. The lowest BCUT2D eigenvalue weighted by Crippen LogP contribution is -2.09. The van der Waals surface area contributed by atoms with Crippen LogP contribution >= 0.6 is 11.3 Å². The average Bonchev–Trinajstić information content (AvgIpc) is 2.91. The van der Waals surface area contributed by atoms with Gasteiger partial charge in [-0.2, -0.15) is 0 Å². The molecule has 3 heteroatoms. The van der Waals surface area contributed by atoms with Crippen LogP contribution in [0.5, 0.6) is 0 Å². The quantitative estimate of drug-likeness (QED) is 0.779. The Kier molecular flexibility index (Phi) is 4.13. The molecule has 21 heavy (non-hydrogen) atoms. The van der Waals surface area contributed by atoms with Gasteiger partial charge in [0.05, 0.1) is 0 Å². The molecule has 106 valence electrons. The van der Waals surface area contributed by atoms with Crippen LogP contribution in [0.2, 0.25) is 0 Å². The van der Waals surface area contributed by atoms with Gasteiger partial charge in [0.15, 0.2) is 0 Å². The summed E-state index contributed by atoms with van der Waals surface area (Å²) >= 11 is 1.70. The molecule has 0 aliphatic carbocycles. The van der Waals surface area contributed by atoms with Gasteiger partial charge in [-0.1, -0.05) is 42.5 Å². The van der Waals surface area contributed by atoms with Crippen molar-refractivity contribution in [2.45, 2.75) is 19.4 Å². The van der Waals surface area contributed by atoms with Gasteiger partial charge in [-0.3, -0.25) is 4.79 Å². The number of carbonyl (C=O) groups excluding carboxylic acids is 1. The number of hydrogen-bond donors (Lipinski definition) is 1. The molecule has 0 radical (unpaired) electrons. The fourth-order valence-corrected chi connectivity index (χ4v) is 3.55. The number of rotatable bonds is 5. The summed E-state index contributed by atoms with van der Waals surface area (Å²) in [6.07, 6.45) is 0.945. The number of hydrogen-bond acceptors (Lipinski definition) is 3. The summed E-state index contributed by atoms with van der Waals surface area (Å²) in [6, 6.07) is 16.1. The van der Waals surface area contributed by atoms with E-state index in [0.29, 0.717) is 19.4 Å². The molecule has 0 saturated carbocycles. The van der Waals surface area contributed by atoms with Crippen LogP contribution < -0.4 is 5.73 Å². The smallest absolute Gasteiger partial charge is 0.141 e. The van der Waals surface area contributed by atoms with E-state index in [-0.39, 0.29) is 5.78 Å². The summed E-state index contributed by atoms with van der Waals surface area (Å²) in [4.78, 5) is 12.4. The first-order chi connectivity index (χ1) is 10.3. The van der Waals surface area contributed by atoms with Gasteiger partial charge in [-0.25, -0.2) is 0 Å². The molecule has 3 rings (SSSR count). The first-order valence-corrected chi connectivity index (χ1v) is 7.89. The molecule has 0 aliphatic heterocycles. The van der Waals surface area contributed by atoms with E-state index in [1.54, 1.807) is 11.3 Å². The van der Waals surface area contributed by atoms with Crippen molar-refractivity contribution >= 4 is 27.2 Å². The van der Waals surface area contributed by atoms with Gasteiger partial charge in [0.1, 0.15) is 5.78 Å². The molecule has 2 N–H and O–H groups in total. The molecule has 2 nitrogen and oxygen atoms in total. The molecule has 1 heterocycles. The Morgan fingerprint density at radius 3 is 2.38 bits per heavy atom. The molecule has 0 aliphatic rings. The second kappa shape index (κ2) is 6.20. The lowest BCUT2D eigenvalue weighted by atomic mass is 9.99. The third-order valence-electron chi connectivity index (χ3n) is 3.67. The first kappa shape index (κ1) is 14.0. The summed E-state index contributed by atoms with van der Waals surface area (Å²) in [5.41, 5.74) is 8.96. The van der Waals surface area contributed by atoms with E-state index in [0.717, 1.165) is 16.7 Å². The molecular weight excluding hydrogens is 278 g/mol. The van der Waals surface area contributed by atoms with Crippen molar-refractivity contribution in [1.82, 2.24) is 0 Å². The van der Waals surface area contributed by atoms with Crippen molar-refractivity contribution in [3.63, 3.8) is 0 Å². The van der Waals surface area contributed by atoms with Crippen molar-refractivity contribution < 1.29 is 4.79 Å². The van der Waals surface area contributed by atoms with E-state index >= 15 is 0 Å². The molecule has 0 spiro atoms. The minimum Gasteiger partial charge on any atom is -0.326 e. The van der Waals surface area contributed by atoms with Crippen LogP contribution in [0.3, 0.4) is 0 Å². The average molecular weight is 295 g/mol. The van der Waals surface area contributed by atoms with Gasteiger partial charge in [0.2, 0.25) is 0 Å². The third-order valence-corrected chi connectivity index (χ3v) is 4.69. The molecule has 0 amide bonds. The molecule has 1 aromatic heterocycles. The SMILES string of the molecule is NCc1ccccc1CC(=O)Cc1csc2ccccc12. The van der Waals surface area contributed by atoms with Crippen LogP contribution in [-0.4, -0.2) is 5.78 Å². The number of carbonyl (C=O) groups is 1. The second-order valence-corrected chi connectivity index (χ2v) is 6.03. The van der Waals surface area contributed by atoms with Crippen molar-refractivity contribution in [2.24, 2.45) is 5.73 Å². The molecular formula is C18H17NOS. The summed E-state index contributed by atoms with van der Waals surface area (Å²) in [6.45, 7) is 0.477. The lowest BCUT2D eigenvalue weighted by molar-refractivity contribution is -0.117. The molecule has 2 aromatic carbocycles. The largest absolute Gasteiger partial charge is 0.326 e. The van der Waals surface area contributed by atoms with Gasteiger partial charge in [-0.05, 0) is 33.5 Å². The number of benzene rings is 2. The monoisotopic (exact) mass is 295 g/mol. The third kappa shape index (κ3) is 3.04. The predicted octanol–water partition coefficient (Wildman–Crippen LogP) is 3.71. The number of Topliss-reactive ketones (excluding diaryl/α,β-unsaturated/α-hetero) is 1. The number of nitrogens with two attached hydrogens (primary N) is 1. The zero-order valence-corrected chi connectivity index (χ0v) is 12.5.